The number of aliphatic imine (C=N–C) groups is 1. The number of hydrogen-bond donors (Lipinski definition) is 2. The van der Waals surface area contributed by atoms with E-state index in [4.69, 9.17) is 11.6 Å². The van der Waals surface area contributed by atoms with E-state index in [9.17, 15) is 27.1 Å². The quantitative estimate of drug-likeness (QED) is 0.346. The number of sulfone groups is 1. The van der Waals surface area contributed by atoms with Crippen LogP contribution in [0.15, 0.2) is 40.5 Å². The van der Waals surface area contributed by atoms with Gasteiger partial charge in [-0.25, -0.2) is 17.2 Å². The molecule has 1 unspecified atom stereocenters. The van der Waals surface area contributed by atoms with Crippen LogP contribution >= 0.6 is 11.6 Å². The van der Waals surface area contributed by atoms with Crippen LogP contribution in [0.25, 0.3) is 11.1 Å². The Kier molecular flexibility index (Phi) is 7.36. The first kappa shape index (κ1) is 28.1. The number of aliphatic hydroxyl groups is 1. The largest absolute Gasteiger partial charge is 0.378 e. The van der Waals surface area contributed by atoms with E-state index in [1.807, 2.05) is 0 Å². The number of nitrogens with one attached hydrogen (secondary N) is 1. The van der Waals surface area contributed by atoms with Crippen LogP contribution in [0.5, 0.6) is 0 Å². The lowest BCUT2D eigenvalue weighted by Gasteiger charge is -2.30. The van der Waals surface area contributed by atoms with E-state index in [1.54, 1.807) is 36.3 Å². The lowest BCUT2D eigenvalue weighted by Crippen LogP contribution is -2.49. The number of aliphatic hydroxyl groups excluding tert-OH is 1. The highest BCUT2D eigenvalue weighted by Crippen LogP contribution is 2.45. The van der Waals surface area contributed by atoms with Crippen molar-refractivity contribution in [2.75, 3.05) is 19.6 Å². The summed E-state index contributed by atoms with van der Waals surface area (Å²) in [6.07, 6.45) is 3.17. The molecule has 1 aromatic heterocycles. The molecule has 2 aliphatic carbocycles. The van der Waals surface area contributed by atoms with Crippen molar-refractivity contribution in [1.29, 1.82) is 0 Å². The molecule has 13 heteroatoms. The molecule has 9 nitrogen and oxygen atoms in total. The number of aryl methyl sites for hydroxylation is 1. The third-order valence-corrected chi connectivity index (χ3v) is 10.9. The predicted octanol–water partition coefficient (Wildman–Crippen LogP) is 2.92. The molecule has 1 aromatic carbocycles. The van der Waals surface area contributed by atoms with E-state index in [0.717, 1.165) is 23.3 Å². The summed E-state index contributed by atoms with van der Waals surface area (Å²) in [5.41, 5.74) is 1.02. The Labute approximate surface area is 231 Å². The third kappa shape index (κ3) is 5.61. The van der Waals surface area contributed by atoms with Gasteiger partial charge in [0.25, 0.3) is 5.92 Å². The number of hydrogen-bond acceptors (Lipinski definition) is 7. The average Bonchev–Trinajstić information content (AvgIpc) is 3.21. The van der Waals surface area contributed by atoms with Gasteiger partial charge in [-0.15, -0.1) is 0 Å². The molecule has 212 valence electrons. The maximum Gasteiger partial charge on any atom is 0.267 e. The van der Waals surface area contributed by atoms with Gasteiger partial charge in [0.2, 0.25) is 5.91 Å². The van der Waals surface area contributed by atoms with E-state index in [0.29, 0.717) is 12.1 Å². The number of carbonyl (C=O) groups is 1. The SMILES string of the molecule is C=NCC1(NC(O)[C@@H]2C[C@@H](S(=O)(=O)c3ccc(-c4cnn(C)c4)cc3Cl)C[C@H]2C(=O)N2CCC(F)(F)C2)CC1. The fourth-order valence-electron chi connectivity index (χ4n) is 5.86. The van der Waals surface area contributed by atoms with Gasteiger partial charge in [-0.2, -0.15) is 5.10 Å². The number of nitrogens with zero attached hydrogens (tertiary/aromatic N) is 4. The summed E-state index contributed by atoms with van der Waals surface area (Å²) in [5, 5.41) is 17.4. The molecule has 2 heterocycles. The molecule has 3 aliphatic rings. The molecule has 1 amide bonds. The molecule has 39 heavy (non-hydrogen) atoms. The van der Waals surface area contributed by atoms with E-state index in [1.165, 1.54) is 6.07 Å². The number of likely N-dealkylation sites (tertiary alicyclic amines) is 1. The van der Waals surface area contributed by atoms with Crippen molar-refractivity contribution < 1.29 is 27.1 Å². The topological polar surface area (TPSA) is 117 Å². The highest BCUT2D eigenvalue weighted by Gasteiger charge is 2.53. The Hall–Kier alpha value is -2.41. The zero-order chi connectivity index (χ0) is 28.2. The summed E-state index contributed by atoms with van der Waals surface area (Å²) in [6, 6.07) is 4.64. The monoisotopic (exact) mass is 583 g/mol. The molecule has 0 radical (unpaired) electrons. The number of aromatic nitrogens is 2. The molecule has 1 saturated heterocycles. The number of rotatable bonds is 9. The number of carbonyl (C=O) groups excluding carboxylic acids is 1. The third-order valence-electron chi connectivity index (χ3n) is 8.21. The molecular formula is C26H32ClF2N5O4S. The van der Waals surface area contributed by atoms with Crippen LogP contribution in [-0.2, 0) is 21.7 Å². The normalized spacial score (nSPS) is 26.5. The molecule has 2 N–H and O–H groups in total. The summed E-state index contributed by atoms with van der Waals surface area (Å²) < 4.78 is 57.0. The van der Waals surface area contributed by atoms with Crippen LogP contribution in [0, 0.1) is 11.8 Å². The van der Waals surface area contributed by atoms with E-state index < -0.39 is 63.5 Å². The molecule has 0 spiro atoms. The summed E-state index contributed by atoms with van der Waals surface area (Å²) in [5.74, 6) is -5.27. The minimum absolute atomic E-state index is 0.0184. The van der Waals surface area contributed by atoms with E-state index >= 15 is 0 Å². The van der Waals surface area contributed by atoms with Crippen LogP contribution < -0.4 is 5.32 Å². The second-order valence-electron chi connectivity index (χ2n) is 11.1. The van der Waals surface area contributed by atoms with Gasteiger partial charge in [-0.1, -0.05) is 17.7 Å². The Balaban J connectivity index is 1.41. The van der Waals surface area contributed by atoms with Crippen LogP contribution in [0.2, 0.25) is 5.02 Å². The van der Waals surface area contributed by atoms with Gasteiger partial charge in [0, 0.05) is 49.1 Å². The first-order valence-electron chi connectivity index (χ1n) is 12.9. The minimum atomic E-state index is -4.02. The number of amides is 1. The molecule has 4 atom stereocenters. The molecule has 5 rings (SSSR count). The van der Waals surface area contributed by atoms with Crippen molar-refractivity contribution >= 4 is 34.1 Å². The first-order valence-corrected chi connectivity index (χ1v) is 14.8. The van der Waals surface area contributed by atoms with Crippen LogP contribution in [0.1, 0.15) is 32.1 Å². The van der Waals surface area contributed by atoms with Crippen molar-refractivity contribution in [2.24, 2.45) is 23.9 Å². The number of benzene rings is 1. The molecule has 2 aromatic rings. The average molecular weight is 584 g/mol. The lowest BCUT2D eigenvalue weighted by atomic mass is 9.92. The highest BCUT2D eigenvalue weighted by molar-refractivity contribution is 7.92. The Morgan fingerprint density at radius 2 is 2.05 bits per heavy atom. The summed E-state index contributed by atoms with van der Waals surface area (Å²) in [4.78, 5) is 18.4. The van der Waals surface area contributed by atoms with Gasteiger partial charge in [-0.05, 0) is 50.1 Å². The number of halogens is 3. The maximum atomic E-state index is 13.9. The van der Waals surface area contributed by atoms with Crippen molar-refractivity contribution in [3.63, 3.8) is 0 Å². The summed E-state index contributed by atoms with van der Waals surface area (Å²) in [7, 11) is -2.25. The lowest BCUT2D eigenvalue weighted by molar-refractivity contribution is -0.139. The molecule has 3 fully saturated rings. The Morgan fingerprint density at radius 3 is 2.62 bits per heavy atom. The Morgan fingerprint density at radius 1 is 1.31 bits per heavy atom. The van der Waals surface area contributed by atoms with E-state index in [-0.39, 0.29) is 29.3 Å². The fourth-order valence-corrected chi connectivity index (χ4v) is 8.25. The van der Waals surface area contributed by atoms with Crippen molar-refractivity contribution in [3.05, 3.63) is 35.6 Å². The predicted molar refractivity (Wildman–Crippen MR) is 143 cm³/mol. The smallest absolute Gasteiger partial charge is 0.267 e. The molecule has 0 bridgehead atoms. The first-order chi connectivity index (χ1) is 18.3. The minimum Gasteiger partial charge on any atom is -0.378 e. The second-order valence-corrected chi connectivity index (χ2v) is 13.7. The Bertz CT molecular complexity index is 1380. The van der Waals surface area contributed by atoms with Crippen molar-refractivity contribution in [1.82, 2.24) is 20.0 Å². The standard InChI is InChI=1S/C26H32ClF2N5O4S/c1-30-14-25(5-6-25)32-23(35)19-10-18(11-20(19)24(36)34-8-7-26(28,29)15-34)39(37,38)22-4-3-16(9-21(22)27)17-12-31-33(2)13-17/h3-4,9,12-13,18-20,23,32,35H,1,5-8,10-11,14-15H2,2H3/t18-,19-,20-,23?/m1/s1. The zero-order valence-electron chi connectivity index (χ0n) is 21.6. The van der Waals surface area contributed by atoms with Gasteiger partial charge < -0.3 is 10.0 Å². The molecule has 2 saturated carbocycles. The van der Waals surface area contributed by atoms with Gasteiger partial charge in [0.15, 0.2) is 9.84 Å². The zero-order valence-corrected chi connectivity index (χ0v) is 23.1. The molecular weight excluding hydrogens is 552 g/mol. The van der Waals surface area contributed by atoms with Crippen molar-refractivity contribution in [3.8, 4) is 11.1 Å². The van der Waals surface area contributed by atoms with Gasteiger partial charge in [0.1, 0.15) is 6.23 Å². The van der Waals surface area contributed by atoms with Crippen LogP contribution in [0.4, 0.5) is 8.78 Å². The van der Waals surface area contributed by atoms with Gasteiger partial charge in [0.05, 0.1) is 34.5 Å². The van der Waals surface area contributed by atoms with E-state index in [2.05, 4.69) is 22.1 Å². The van der Waals surface area contributed by atoms with Gasteiger partial charge in [-0.3, -0.25) is 19.8 Å². The highest BCUT2D eigenvalue weighted by atomic mass is 35.5. The molecule has 1 aliphatic heterocycles. The van der Waals surface area contributed by atoms with Crippen LogP contribution in [0.3, 0.4) is 0 Å². The van der Waals surface area contributed by atoms with Gasteiger partial charge >= 0.3 is 0 Å². The van der Waals surface area contributed by atoms with Crippen molar-refractivity contribution in [2.45, 2.75) is 59.9 Å². The maximum absolute atomic E-state index is 13.9. The number of alkyl halides is 2. The summed E-state index contributed by atoms with van der Waals surface area (Å²) >= 11 is 6.47. The second kappa shape index (κ2) is 10.2. The summed E-state index contributed by atoms with van der Waals surface area (Å²) in [6.45, 7) is 3.07. The fraction of sp³-hybridized carbons (Fsp3) is 0.577. The van der Waals surface area contributed by atoms with Crippen LogP contribution in [-0.4, -0.2) is 83.4 Å².